The molecule has 0 aromatic carbocycles. The van der Waals surface area contributed by atoms with Gasteiger partial charge in [0.2, 0.25) is 5.91 Å². The molecule has 0 unspecified atom stereocenters. The third-order valence-electron chi connectivity index (χ3n) is 4.36. The van der Waals surface area contributed by atoms with E-state index >= 15 is 0 Å². The summed E-state index contributed by atoms with van der Waals surface area (Å²) in [6, 6.07) is 8.08. The van der Waals surface area contributed by atoms with Gasteiger partial charge in [-0.15, -0.1) is 0 Å². The molecule has 0 aliphatic carbocycles. The summed E-state index contributed by atoms with van der Waals surface area (Å²) in [7, 11) is 0. The van der Waals surface area contributed by atoms with Crippen molar-refractivity contribution >= 4 is 11.7 Å². The molecular weight excluding hydrogens is 288 g/mol. The number of carbonyl (C=O) groups is 1. The molecule has 3 rings (SSSR count). The molecule has 1 aliphatic heterocycles. The molecule has 23 heavy (non-hydrogen) atoms. The molecule has 1 fully saturated rings. The Morgan fingerprint density at radius 2 is 2.00 bits per heavy atom. The van der Waals surface area contributed by atoms with Gasteiger partial charge in [0.1, 0.15) is 0 Å². The summed E-state index contributed by atoms with van der Waals surface area (Å²) in [6.45, 7) is 4.59. The average Bonchev–Trinajstić information content (AvgIpc) is 3.14. The van der Waals surface area contributed by atoms with Crippen molar-refractivity contribution in [2.75, 3.05) is 24.5 Å². The fourth-order valence-corrected chi connectivity index (χ4v) is 3.07. The van der Waals surface area contributed by atoms with Crippen molar-refractivity contribution in [3.63, 3.8) is 0 Å². The van der Waals surface area contributed by atoms with E-state index in [-0.39, 0.29) is 11.8 Å². The van der Waals surface area contributed by atoms with E-state index < -0.39 is 0 Å². The predicted octanol–water partition coefficient (Wildman–Crippen LogP) is 2.61. The molecule has 0 saturated carbocycles. The maximum Gasteiger partial charge on any atom is 0.223 e. The van der Waals surface area contributed by atoms with Crippen molar-refractivity contribution in [3.05, 3.63) is 42.9 Å². The first kappa shape index (κ1) is 15.6. The lowest BCUT2D eigenvalue weighted by molar-refractivity contribution is -0.125. The van der Waals surface area contributed by atoms with Gasteiger partial charge in [0.25, 0.3) is 0 Å². The van der Waals surface area contributed by atoms with Gasteiger partial charge >= 0.3 is 0 Å². The molecule has 2 aromatic rings. The van der Waals surface area contributed by atoms with Crippen molar-refractivity contribution in [1.29, 1.82) is 0 Å². The van der Waals surface area contributed by atoms with Crippen molar-refractivity contribution in [1.82, 2.24) is 14.9 Å². The minimum atomic E-state index is 0.136. The first-order valence-electron chi connectivity index (χ1n) is 8.40. The van der Waals surface area contributed by atoms with E-state index in [0.29, 0.717) is 0 Å². The number of nitrogens with zero attached hydrogens (tertiary/aromatic N) is 3. The molecule has 5 heteroatoms. The van der Waals surface area contributed by atoms with E-state index in [9.17, 15) is 4.79 Å². The molecule has 1 amide bonds. The van der Waals surface area contributed by atoms with Crippen LogP contribution in [0.4, 0.5) is 5.82 Å². The third kappa shape index (κ3) is 3.55. The summed E-state index contributed by atoms with van der Waals surface area (Å²) in [5.41, 5.74) is 1.09. The molecule has 0 radical (unpaired) electrons. The summed E-state index contributed by atoms with van der Waals surface area (Å²) in [5, 5.41) is 3.01. The Morgan fingerprint density at radius 3 is 2.70 bits per heavy atom. The Labute approximate surface area is 137 Å². The van der Waals surface area contributed by atoms with E-state index in [1.165, 1.54) is 0 Å². The minimum Gasteiger partial charge on any atom is -0.356 e. The molecule has 1 saturated heterocycles. The molecular formula is C18H24N4O. The van der Waals surface area contributed by atoms with Crippen LogP contribution >= 0.6 is 0 Å². The lowest BCUT2D eigenvalue weighted by atomic mass is 9.96. The second kappa shape index (κ2) is 7.31. The fourth-order valence-electron chi connectivity index (χ4n) is 3.07. The standard InChI is InChI=1S/C18H24N4O/c1-2-9-20-18(23)15-7-13-22(14-8-15)17-16(6-5-10-19-17)21-11-3-4-12-21/h3-6,10-12,15H,2,7-9,13-14H2,1H3,(H,20,23). The number of aromatic nitrogens is 2. The van der Waals surface area contributed by atoms with Gasteiger partial charge in [-0.3, -0.25) is 4.79 Å². The summed E-state index contributed by atoms with van der Waals surface area (Å²) in [5.74, 6) is 1.34. The zero-order valence-electron chi connectivity index (χ0n) is 13.6. The van der Waals surface area contributed by atoms with E-state index in [0.717, 1.165) is 50.4 Å². The first-order chi connectivity index (χ1) is 11.3. The number of amides is 1. The second-order valence-electron chi connectivity index (χ2n) is 5.99. The predicted molar refractivity (Wildman–Crippen MR) is 91.8 cm³/mol. The lowest BCUT2D eigenvalue weighted by Gasteiger charge is -2.33. The number of rotatable bonds is 5. The summed E-state index contributed by atoms with van der Waals surface area (Å²) < 4.78 is 2.09. The average molecular weight is 312 g/mol. The molecule has 3 heterocycles. The molecule has 0 bridgehead atoms. The highest BCUT2D eigenvalue weighted by Gasteiger charge is 2.26. The molecule has 5 nitrogen and oxygen atoms in total. The normalized spacial score (nSPS) is 15.6. The number of pyridine rings is 1. The highest BCUT2D eigenvalue weighted by molar-refractivity contribution is 5.79. The molecule has 2 aromatic heterocycles. The molecule has 1 N–H and O–H groups in total. The Kier molecular flexibility index (Phi) is 4.95. The highest BCUT2D eigenvalue weighted by atomic mass is 16.1. The van der Waals surface area contributed by atoms with Crippen molar-refractivity contribution in [2.45, 2.75) is 26.2 Å². The summed E-state index contributed by atoms with van der Waals surface area (Å²) in [4.78, 5) is 19.0. The van der Waals surface area contributed by atoms with E-state index in [2.05, 4.69) is 32.8 Å². The number of nitrogens with one attached hydrogen (secondary N) is 1. The van der Waals surface area contributed by atoms with Crippen LogP contribution in [0.15, 0.2) is 42.9 Å². The van der Waals surface area contributed by atoms with Crippen LogP contribution in [-0.2, 0) is 4.79 Å². The Balaban J connectivity index is 1.68. The Morgan fingerprint density at radius 1 is 1.26 bits per heavy atom. The number of hydrogen-bond donors (Lipinski definition) is 1. The zero-order chi connectivity index (χ0) is 16.1. The van der Waals surface area contributed by atoms with Crippen LogP contribution in [0.25, 0.3) is 5.69 Å². The number of piperidine rings is 1. The number of hydrogen-bond acceptors (Lipinski definition) is 3. The lowest BCUT2D eigenvalue weighted by Crippen LogP contribution is -2.41. The fraction of sp³-hybridized carbons (Fsp3) is 0.444. The van der Waals surface area contributed by atoms with Crippen LogP contribution in [0, 0.1) is 5.92 Å². The maximum absolute atomic E-state index is 12.1. The van der Waals surface area contributed by atoms with Gasteiger partial charge in [0.15, 0.2) is 5.82 Å². The van der Waals surface area contributed by atoms with Crippen molar-refractivity contribution < 1.29 is 4.79 Å². The Bertz CT molecular complexity index is 630. The van der Waals surface area contributed by atoms with Crippen LogP contribution in [0.1, 0.15) is 26.2 Å². The highest BCUT2D eigenvalue weighted by Crippen LogP contribution is 2.26. The van der Waals surface area contributed by atoms with Crippen molar-refractivity contribution in [2.24, 2.45) is 5.92 Å². The third-order valence-corrected chi connectivity index (χ3v) is 4.36. The van der Waals surface area contributed by atoms with Crippen molar-refractivity contribution in [3.8, 4) is 5.69 Å². The molecule has 1 aliphatic rings. The topological polar surface area (TPSA) is 50.2 Å². The molecule has 0 spiro atoms. The monoisotopic (exact) mass is 312 g/mol. The van der Waals surface area contributed by atoms with Gasteiger partial charge < -0.3 is 14.8 Å². The van der Waals surface area contributed by atoms with Gasteiger partial charge in [0, 0.05) is 44.1 Å². The van der Waals surface area contributed by atoms with E-state index in [4.69, 9.17) is 0 Å². The second-order valence-corrected chi connectivity index (χ2v) is 5.99. The Hall–Kier alpha value is -2.30. The van der Waals surface area contributed by atoms with Gasteiger partial charge in [0.05, 0.1) is 5.69 Å². The van der Waals surface area contributed by atoms with Crippen LogP contribution in [0.5, 0.6) is 0 Å². The van der Waals surface area contributed by atoms with Gasteiger partial charge in [-0.05, 0) is 43.5 Å². The first-order valence-corrected chi connectivity index (χ1v) is 8.40. The quantitative estimate of drug-likeness (QED) is 0.923. The molecule has 0 atom stereocenters. The van der Waals surface area contributed by atoms with E-state index in [1.54, 1.807) is 0 Å². The van der Waals surface area contributed by atoms with Crippen LogP contribution in [-0.4, -0.2) is 35.1 Å². The number of carbonyl (C=O) groups excluding carboxylic acids is 1. The smallest absolute Gasteiger partial charge is 0.223 e. The zero-order valence-corrected chi connectivity index (χ0v) is 13.6. The van der Waals surface area contributed by atoms with Gasteiger partial charge in [-0.1, -0.05) is 6.92 Å². The van der Waals surface area contributed by atoms with Crippen LogP contribution < -0.4 is 10.2 Å². The summed E-state index contributed by atoms with van der Waals surface area (Å²) >= 11 is 0. The number of anilines is 1. The van der Waals surface area contributed by atoms with Gasteiger partial charge in [-0.25, -0.2) is 4.98 Å². The maximum atomic E-state index is 12.1. The van der Waals surface area contributed by atoms with Gasteiger partial charge in [-0.2, -0.15) is 0 Å². The minimum absolute atomic E-state index is 0.136. The largest absolute Gasteiger partial charge is 0.356 e. The summed E-state index contributed by atoms with van der Waals surface area (Å²) in [6.07, 6.45) is 8.66. The van der Waals surface area contributed by atoms with E-state index in [1.807, 2.05) is 36.8 Å². The van der Waals surface area contributed by atoms with Crippen LogP contribution in [0.3, 0.4) is 0 Å². The molecule has 122 valence electrons. The SMILES string of the molecule is CCCNC(=O)C1CCN(c2ncccc2-n2cccc2)CC1. The van der Waals surface area contributed by atoms with Crippen LogP contribution in [0.2, 0.25) is 0 Å².